The Bertz CT molecular complexity index is 254. The van der Waals surface area contributed by atoms with Gasteiger partial charge in [0, 0.05) is 39.4 Å². The third-order valence-electron chi connectivity index (χ3n) is 1.30. The molecular weight excluding hydrogens is 321 g/mol. The van der Waals surface area contributed by atoms with Crippen LogP contribution in [0.2, 0.25) is 0 Å². The van der Waals surface area contributed by atoms with Gasteiger partial charge in [0.25, 0.3) is 0 Å². The van der Waals surface area contributed by atoms with E-state index in [9.17, 15) is 5.11 Å². The molecule has 0 bridgehead atoms. The van der Waals surface area contributed by atoms with Crippen LogP contribution in [0.25, 0.3) is 0 Å². The fraction of sp³-hybridized carbons (Fsp3) is 0.143. The first-order valence-corrected chi connectivity index (χ1v) is 4.92. The SMILES string of the molecule is Oc1ccc(Br)cc1CNI. The molecule has 2 N–H and O–H groups in total. The summed E-state index contributed by atoms with van der Waals surface area (Å²) in [6, 6.07) is 5.38. The third kappa shape index (κ3) is 2.61. The minimum absolute atomic E-state index is 0.331. The summed E-state index contributed by atoms with van der Waals surface area (Å²) in [5.74, 6) is 0.331. The van der Waals surface area contributed by atoms with Crippen molar-refractivity contribution in [2.75, 3.05) is 0 Å². The first-order chi connectivity index (χ1) is 5.24. The second-order valence-electron chi connectivity index (χ2n) is 2.08. The highest BCUT2D eigenvalue weighted by Gasteiger charge is 1.99. The van der Waals surface area contributed by atoms with Crippen LogP contribution in [0.3, 0.4) is 0 Å². The van der Waals surface area contributed by atoms with Crippen molar-refractivity contribution in [1.82, 2.24) is 3.53 Å². The van der Waals surface area contributed by atoms with E-state index in [2.05, 4.69) is 19.5 Å². The number of hydrogen-bond acceptors (Lipinski definition) is 2. The van der Waals surface area contributed by atoms with Gasteiger partial charge in [-0.05, 0) is 18.2 Å². The zero-order chi connectivity index (χ0) is 8.27. The summed E-state index contributed by atoms with van der Waals surface area (Å²) in [5, 5.41) is 9.30. The van der Waals surface area contributed by atoms with Crippen molar-refractivity contribution in [2.45, 2.75) is 6.54 Å². The maximum Gasteiger partial charge on any atom is 0.120 e. The highest BCUT2D eigenvalue weighted by molar-refractivity contribution is 14.1. The van der Waals surface area contributed by atoms with Gasteiger partial charge in [-0.3, -0.25) is 3.53 Å². The first-order valence-electron chi connectivity index (χ1n) is 3.05. The van der Waals surface area contributed by atoms with Crippen LogP contribution < -0.4 is 3.53 Å². The number of benzene rings is 1. The number of halogens is 2. The maximum absolute atomic E-state index is 9.30. The molecule has 0 unspecified atom stereocenters. The molecule has 4 heteroatoms. The van der Waals surface area contributed by atoms with Gasteiger partial charge in [-0.15, -0.1) is 0 Å². The monoisotopic (exact) mass is 327 g/mol. The van der Waals surface area contributed by atoms with Gasteiger partial charge >= 0.3 is 0 Å². The quantitative estimate of drug-likeness (QED) is 0.646. The van der Waals surface area contributed by atoms with Crippen molar-refractivity contribution in [2.24, 2.45) is 0 Å². The Morgan fingerprint density at radius 3 is 2.91 bits per heavy atom. The van der Waals surface area contributed by atoms with E-state index in [1.807, 2.05) is 35.0 Å². The predicted molar refractivity (Wildman–Crippen MR) is 56.7 cm³/mol. The maximum atomic E-state index is 9.30. The molecule has 0 aliphatic carbocycles. The van der Waals surface area contributed by atoms with Gasteiger partial charge in [0.2, 0.25) is 0 Å². The molecule has 0 fully saturated rings. The molecular formula is C7H7BrINO. The zero-order valence-electron chi connectivity index (χ0n) is 5.64. The minimum atomic E-state index is 0.331. The predicted octanol–water partition coefficient (Wildman–Crippen LogP) is 2.59. The van der Waals surface area contributed by atoms with E-state index in [-0.39, 0.29) is 0 Å². The van der Waals surface area contributed by atoms with E-state index >= 15 is 0 Å². The lowest BCUT2D eigenvalue weighted by Gasteiger charge is -2.02. The van der Waals surface area contributed by atoms with Gasteiger partial charge in [-0.1, -0.05) is 15.9 Å². The minimum Gasteiger partial charge on any atom is -0.508 e. The molecule has 0 amide bonds. The molecule has 1 rings (SSSR count). The van der Waals surface area contributed by atoms with Crippen molar-refractivity contribution >= 4 is 38.8 Å². The van der Waals surface area contributed by atoms with Gasteiger partial charge in [0.05, 0.1) is 0 Å². The number of aromatic hydroxyl groups is 1. The van der Waals surface area contributed by atoms with E-state index in [0.29, 0.717) is 12.3 Å². The Kier molecular flexibility index (Phi) is 3.61. The van der Waals surface area contributed by atoms with E-state index in [4.69, 9.17) is 0 Å². The zero-order valence-corrected chi connectivity index (χ0v) is 9.39. The summed E-state index contributed by atoms with van der Waals surface area (Å²) >= 11 is 5.37. The van der Waals surface area contributed by atoms with Crippen molar-refractivity contribution in [3.63, 3.8) is 0 Å². The lowest BCUT2D eigenvalue weighted by molar-refractivity contribution is 0.468. The number of nitrogens with one attached hydrogen (secondary N) is 1. The molecule has 0 saturated heterocycles. The standard InChI is InChI=1S/C7H7BrINO/c8-6-1-2-7(11)5(3-6)4-10-9/h1-3,10-11H,4H2. The molecule has 60 valence electrons. The first kappa shape index (κ1) is 9.28. The van der Waals surface area contributed by atoms with Crippen molar-refractivity contribution in [3.05, 3.63) is 28.2 Å². The van der Waals surface area contributed by atoms with Gasteiger partial charge in [0.15, 0.2) is 0 Å². The Morgan fingerprint density at radius 2 is 2.27 bits per heavy atom. The molecule has 0 aliphatic heterocycles. The Balaban J connectivity index is 2.93. The topological polar surface area (TPSA) is 32.3 Å². The van der Waals surface area contributed by atoms with E-state index < -0.39 is 0 Å². The van der Waals surface area contributed by atoms with E-state index in [1.54, 1.807) is 6.07 Å². The second-order valence-corrected chi connectivity index (χ2v) is 3.76. The van der Waals surface area contributed by atoms with Crippen LogP contribution in [0.1, 0.15) is 5.56 Å². The summed E-state index contributed by atoms with van der Waals surface area (Å²) in [7, 11) is 0. The van der Waals surface area contributed by atoms with Gasteiger partial charge < -0.3 is 5.11 Å². The van der Waals surface area contributed by atoms with Gasteiger partial charge in [0.1, 0.15) is 5.75 Å². The highest BCUT2D eigenvalue weighted by Crippen LogP contribution is 2.21. The van der Waals surface area contributed by atoms with Gasteiger partial charge in [-0.25, -0.2) is 0 Å². The molecule has 0 heterocycles. The molecule has 0 spiro atoms. The van der Waals surface area contributed by atoms with Crippen LogP contribution in [0.4, 0.5) is 0 Å². The fourth-order valence-corrected chi connectivity index (χ4v) is 1.59. The van der Waals surface area contributed by atoms with Crippen LogP contribution in [-0.4, -0.2) is 5.11 Å². The normalized spacial score (nSPS) is 10.0. The second kappa shape index (κ2) is 4.27. The lowest BCUT2D eigenvalue weighted by Crippen LogP contribution is -1.97. The summed E-state index contributed by atoms with van der Waals surface area (Å²) < 4.78 is 3.92. The summed E-state index contributed by atoms with van der Waals surface area (Å²) in [5.41, 5.74) is 0.897. The van der Waals surface area contributed by atoms with E-state index in [1.165, 1.54) is 0 Å². The molecule has 0 radical (unpaired) electrons. The van der Waals surface area contributed by atoms with Crippen LogP contribution in [0.5, 0.6) is 5.75 Å². The Hall–Kier alpha value is 0.190. The lowest BCUT2D eigenvalue weighted by atomic mass is 10.2. The number of hydrogen-bond donors (Lipinski definition) is 2. The van der Waals surface area contributed by atoms with Crippen molar-refractivity contribution in [1.29, 1.82) is 0 Å². The molecule has 0 saturated carbocycles. The molecule has 11 heavy (non-hydrogen) atoms. The number of rotatable bonds is 2. The van der Waals surface area contributed by atoms with Crippen LogP contribution in [-0.2, 0) is 6.54 Å². The van der Waals surface area contributed by atoms with Crippen LogP contribution in [0.15, 0.2) is 22.7 Å². The summed E-state index contributed by atoms with van der Waals surface area (Å²) in [4.78, 5) is 0. The molecule has 1 aromatic carbocycles. The molecule has 1 aromatic rings. The Morgan fingerprint density at radius 1 is 1.55 bits per heavy atom. The van der Waals surface area contributed by atoms with Gasteiger partial charge in [-0.2, -0.15) is 0 Å². The molecule has 0 aromatic heterocycles. The average molecular weight is 328 g/mol. The Labute approximate surface area is 87.6 Å². The third-order valence-corrected chi connectivity index (χ3v) is 2.17. The summed E-state index contributed by atoms with van der Waals surface area (Å²) in [6.07, 6.45) is 0. The van der Waals surface area contributed by atoms with Crippen LogP contribution in [0, 0.1) is 0 Å². The highest BCUT2D eigenvalue weighted by atomic mass is 127. The largest absolute Gasteiger partial charge is 0.508 e. The summed E-state index contributed by atoms with van der Waals surface area (Å²) in [6.45, 7) is 0.672. The van der Waals surface area contributed by atoms with E-state index in [0.717, 1.165) is 10.0 Å². The number of phenols is 1. The van der Waals surface area contributed by atoms with Crippen molar-refractivity contribution < 1.29 is 5.11 Å². The molecule has 0 atom stereocenters. The average Bonchev–Trinajstić information content (AvgIpc) is 1.98. The van der Waals surface area contributed by atoms with Crippen LogP contribution >= 0.6 is 38.8 Å². The van der Waals surface area contributed by atoms with Crippen molar-refractivity contribution in [3.8, 4) is 5.75 Å². The fourth-order valence-electron chi connectivity index (χ4n) is 0.768. The number of phenolic OH excluding ortho intramolecular Hbond substituents is 1. The smallest absolute Gasteiger partial charge is 0.120 e. The molecule has 0 aliphatic rings. The molecule has 2 nitrogen and oxygen atoms in total.